The Bertz CT molecular complexity index is 1990. The summed E-state index contributed by atoms with van der Waals surface area (Å²) < 4.78 is 24.2. The lowest BCUT2D eigenvalue weighted by Crippen LogP contribution is -2.13. The highest BCUT2D eigenvalue weighted by atomic mass is 27.2. The van der Waals surface area contributed by atoms with Gasteiger partial charge in [0.05, 0.1) is 11.5 Å². The van der Waals surface area contributed by atoms with Crippen LogP contribution in [0.15, 0.2) is 140 Å². The van der Waals surface area contributed by atoms with Crippen LogP contribution in [-0.2, 0) is 0 Å². The second-order valence-electron chi connectivity index (χ2n) is 10.9. The van der Waals surface area contributed by atoms with Gasteiger partial charge in [0.25, 0.3) is 0 Å². The van der Waals surface area contributed by atoms with E-state index in [2.05, 4.69) is 39.1 Å². The van der Waals surface area contributed by atoms with Crippen molar-refractivity contribution in [2.24, 2.45) is 0 Å². The molecule has 2 radical (unpaired) electrons. The summed E-state index contributed by atoms with van der Waals surface area (Å²) in [6, 6.07) is 46.3. The molecule has 0 atom stereocenters. The summed E-state index contributed by atoms with van der Waals surface area (Å²) in [6.07, 6.45) is 0. The second kappa shape index (κ2) is 14.2. The topological polar surface area (TPSA) is 65.9 Å². The quantitative estimate of drug-likeness (QED) is 0.130. The van der Waals surface area contributed by atoms with E-state index in [4.69, 9.17) is 15.2 Å². The zero-order valence-electron chi connectivity index (χ0n) is 25.9. The number of aryl methyl sites for hydroxylation is 2. The molecule has 0 bridgehead atoms. The first-order valence-electron chi connectivity index (χ1n) is 15.2. The van der Waals surface area contributed by atoms with Gasteiger partial charge < -0.3 is 20.1 Å². The standard InChI is InChI=1S/C18H15NO2.2C10H9NO.2Al/c20-17-10-6-15(7-11-17)19(14-4-2-1-3-5-14)16-8-12-18(21)13-9-16;2*1-7-5-6-8-3-2-4-9(12)10(8)11-7;;/h1-13,20-21H;2*2-6,12H,1H3;;/q;;;2*+2/p-4. The molecule has 0 amide bonds. The lowest BCUT2D eigenvalue weighted by molar-refractivity contribution is 0.461. The normalized spacial score (nSPS) is 10.8. The van der Waals surface area contributed by atoms with Gasteiger partial charge in [-0.1, -0.05) is 54.6 Å². The van der Waals surface area contributed by atoms with E-state index in [1.165, 1.54) is 0 Å². The molecule has 2 aromatic heterocycles. The molecule has 0 spiro atoms. The molecule has 7 rings (SSSR count). The van der Waals surface area contributed by atoms with E-state index in [9.17, 15) is 0 Å². The Morgan fingerprint density at radius 2 is 0.872 bits per heavy atom. The minimum Gasteiger partial charge on any atom is -0.616 e. The first-order valence-corrected chi connectivity index (χ1v) is 17.1. The fraction of sp³-hybridized carbons (Fsp3) is 0.0526. The first-order chi connectivity index (χ1) is 23.1. The molecule has 7 aromatic rings. The molecule has 5 aromatic carbocycles. The van der Waals surface area contributed by atoms with Gasteiger partial charge in [0.2, 0.25) is 0 Å². The lowest BCUT2D eigenvalue weighted by atomic mass is 10.2. The molecule has 0 unspecified atom stereocenters. The Labute approximate surface area is 287 Å². The summed E-state index contributed by atoms with van der Waals surface area (Å²) in [5, 5.41) is 2.08. The highest BCUT2D eigenvalue weighted by Crippen LogP contribution is 2.36. The molecule has 47 heavy (non-hydrogen) atoms. The van der Waals surface area contributed by atoms with Crippen molar-refractivity contribution in [1.29, 1.82) is 0 Å². The van der Waals surface area contributed by atoms with Crippen molar-refractivity contribution in [3.05, 3.63) is 151 Å². The Balaban J connectivity index is 1.02. The van der Waals surface area contributed by atoms with Crippen LogP contribution >= 0.6 is 0 Å². The van der Waals surface area contributed by atoms with E-state index < -0.39 is 31.8 Å². The van der Waals surface area contributed by atoms with Crippen molar-refractivity contribution in [1.82, 2.24) is 9.97 Å². The first kappa shape index (κ1) is 30.6. The van der Waals surface area contributed by atoms with Crippen molar-refractivity contribution in [2.45, 2.75) is 13.8 Å². The maximum Gasteiger partial charge on any atom is 0.881 e. The average molecular weight is 646 g/mol. The Morgan fingerprint density at radius 3 is 1.34 bits per heavy atom. The fourth-order valence-corrected chi connectivity index (χ4v) is 6.48. The molecule has 0 N–H and O–H groups in total. The van der Waals surface area contributed by atoms with E-state index in [-0.39, 0.29) is 0 Å². The summed E-state index contributed by atoms with van der Waals surface area (Å²) >= 11 is -1.55. The van der Waals surface area contributed by atoms with E-state index >= 15 is 0 Å². The second-order valence-corrected chi connectivity index (χ2v) is 12.2. The van der Waals surface area contributed by atoms with Crippen molar-refractivity contribution in [3.8, 4) is 23.0 Å². The van der Waals surface area contributed by atoms with Crippen LogP contribution in [0.5, 0.6) is 23.0 Å². The smallest absolute Gasteiger partial charge is 0.616 e. The lowest BCUT2D eigenvalue weighted by Gasteiger charge is -2.26. The number of nitrogens with zero attached hydrogens (tertiary/aromatic N) is 3. The molecular weight excluding hydrogens is 616 g/mol. The minimum absolute atomic E-state index is 0.731. The third kappa shape index (κ3) is 7.20. The molecule has 0 saturated heterocycles. The summed E-state index contributed by atoms with van der Waals surface area (Å²) in [5.74, 6) is 2.94. The summed E-state index contributed by atoms with van der Waals surface area (Å²) in [6.45, 7) is 3.95. The maximum atomic E-state index is 6.05. The zero-order valence-corrected chi connectivity index (χ0v) is 28.2. The molecule has 2 heterocycles. The van der Waals surface area contributed by atoms with Crippen LogP contribution < -0.4 is 20.1 Å². The Kier molecular flexibility index (Phi) is 9.24. The number of aromatic nitrogens is 2. The van der Waals surface area contributed by atoms with Crippen LogP contribution in [-0.4, -0.2) is 41.7 Å². The molecule has 226 valence electrons. The number of pyridine rings is 2. The fourth-order valence-electron chi connectivity index (χ4n) is 5.26. The monoisotopic (exact) mass is 645 g/mol. The van der Waals surface area contributed by atoms with Crippen molar-refractivity contribution >= 4 is 70.6 Å². The van der Waals surface area contributed by atoms with Gasteiger partial charge in [0.15, 0.2) is 0 Å². The van der Waals surface area contributed by atoms with Gasteiger partial charge in [0.1, 0.15) is 22.5 Å². The van der Waals surface area contributed by atoms with Crippen LogP contribution in [0.3, 0.4) is 0 Å². The average Bonchev–Trinajstić information content (AvgIpc) is 3.10. The van der Waals surface area contributed by atoms with E-state index in [1.807, 2.05) is 129 Å². The van der Waals surface area contributed by atoms with Crippen LogP contribution in [0, 0.1) is 13.8 Å². The Hall–Kier alpha value is -5.02. The van der Waals surface area contributed by atoms with Crippen molar-refractivity contribution < 1.29 is 15.2 Å². The van der Waals surface area contributed by atoms with E-state index in [0.29, 0.717) is 0 Å². The number of hydrogen-bond donors (Lipinski definition) is 0. The largest absolute Gasteiger partial charge is 0.881 e. The molecule has 0 aliphatic heterocycles. The van der Waals surface area contributed by atoms with Crippen molar-refractivity contribution in [2.75, 3.05) is 4.90 Å². The van der Waals surface area contributed by atoms with Gasteiger partial charge in [-0.2, -0.15) is 0 Å². The molecule has 9 heteroatoms. The van der Waals surface area contributed by atoms with Crippen LogP contribution in [0.2, 0.25) is 0 Å². The van der Waals surface area contributed by atoms with E-state index in [1.54, 1.807) is 0 Å². The summed E-state index contributed by atoms with van der Waals surface area (Å²) in [4.78, 5) is 11.5. The third-order valence-corrected chi connectivity index (χ3v) is 9.00. The molecule has 0 fully saturated rings. The molecule has 0 saturated carbocycles. The summed E-state index contributed by atoms with van der Waals surface area (Å²) in [7, 11) is 0. The maximum absolute atomic E-state index is 6.05. The number of rotatable bonds is 11. The number of para-hydroxylation sites is 3. The van der Waals surface area contributed by atoms with Crippen LogP contribution in [0.1, 0.15) is 11.4 Å². The molecule has 0 aliphatic rings. The Morgan fingerprint density at radius 1 is 0.426 bits per heavy atom. The van der Waals surface area contributed by atoms with E-state index in [0.717, 1.165) is 73.3 Å². The number of benzene rings is 5. The predicted molar refractivity (Wildman–Crippen MR) is 188 cm³/mol. The molecular formula is C38H29Al2N3O4. The van der Waals surface area contributed by atoms with Crippen LogP contribution in [0.25, 0.3) is 21.8 Å². The zero-order chi connectivity index (χ0) is 32.0. The molecule has 0 aliphatic carbocycles. The number of fused-ring (bicyclic) bond motifs is 2. The number of hydrogen-bond acceptors (Lipinski definition) is 7. The van der Waals surface area contributed by atoms with Gasteiger partial charge >= 0.3 is 31.8 Å². The van der Waals surface area contributed by atoms with Gasteiger partial charge in [0, 0.05) is 39.2 Å². The van der Waals surface area contributed by atoms with Gasteiger partial charge in [-0.05, 0) is 98.8 Å². The van der Waals surface area contributed by atoms with Crippen molar-refractivity contribution in [3.63, 3.8) is 0 Å². The third-order valence-electron chi connectivity index (χ3n) is 7.57. The van der Waals surface area contributed by atoms with Crippen LogP contribution in [0.4, 0.5) is 17.1 Å². The minimum atomic E-state index is -0.776. The highest BCUT2D eigenvalue weighted by Gasteiger charge is 2.15. The van der Waals surface area contributed by atoms with Gasteiger partial charge in [-0.25, -0.2) is 9.97 Å². The van der Waals surface area contributed by atoms with Gasteiger partial charge in [-0.3, -0.25) is 0 Å². The van der Waals surface area contributed by atoms with Gasteiger partial charge in [-0.15, -0.1) is 0 Å². The summed E-state index contributed by atoms with van der Waals surface area (Å²) in [5.41, 5.74) is 6.62. The molecule has 7 nitrogen and oxygen atoms in total. The number of anilines is 3. The predicted octanol–water partition coefficient (Wildman–Crippen LogP) is 8.85. The highest BCUT2D eigenvalue weighted by molar-refractivity contribution is 6.21. The SMILES string of the molecule is Cc1ccc2cccc([O][Al][O]c3ccc(N(c4ccccc4)c4ccc([O][Al][O]c5cccc6ccc(C)nc56)cc4)cc3)c2n1.